The molecule has 0 radical (unpaired) electrons. The van der Waals surface area contributed by atoms with Crippen molar-refractivity contribution in [3.63, 3.8) is 0 Å². The molecule has 0 spiro atoms. The molecule has 10 aromatic rings. The van der Waals surface area contributed by atoms with Crippen molar-refractivity contribution in [2.75, 3.05) is 0 Å². The highest BCUT2D eigenvalue weighted by molar-refractivity contribution is 5.89. The predicted molar refractivity (Wildman–Crippen MR) is 271 cm³/mol. The van der Waals surface area contributed by atoms with Crippen molar-refractivity contribution in [3.8, 4) is 78.3 Å². The quantitative estimate of drug-likeness (QED) is 0.0907. The second kappa shape index (κ2) is 19.5. The van der Waals surface area contributed by atoms with Crippen LogP contribution < -0.4 is 9.47 Å². The van der Waals surface area contributed by atoms with E-state index >= 15 is 0 Å². The van der Waals surface area contributed by atoms with Gasteiger partial charge in [0.1, 0.15) is 11.5 Å². The van der Waals surface area contributed by atoms with Crippen molar-refractivity contribution in [2.45, 2.75) is 12.8 Å². The summed E-state index contributed by atoms with van der Waals surface area (Å²) in [5, 5.41) is 0. The first-order valence-electron chi connectivity index (χ1n) is 22.4. The van der Waals surface area contributed by atoms with Crippen molar-refractivity contribution in [1.82, 2.24) is 0 Å². The van der Waals surface area contributed by atoms with Gasteiger partial charge >= 0.3 is 6.16 Å². The molecule has 66 heavy (non-hydrogen) atoms. The maximum Gasteiger partial charge on any atom is 0.519 e. The van der Waals surface area contributed by atoms with Crippen LogP contribution in [0.4, 0.5) is 4.79 Å². The molecule has 10 aromatic carbocycles. The van der Waals surface area contributed by atoms with Gasteiger partial charge in [-0.3, -0.25) is 0 Å². The lowest BCUT2D eigenvalue weighted by Crippen LogP contribution is -2.14. The van der Waals surface area contributed by atoms with Gasteiger partial charge in [0.25, 0.3) is 0 Å². The number of hydrogen-bond acceptors (Lipinski definition) is 3. The molecular weight excluding hydrogens is 805 g/mol. The zero-order chi connectivity index (χ0) is 44.5. The number of benzene rings is 10. The van der Waals surface area contributed by atoms with Gasteiger partial charge in [-0.25, -0.2) is 4.79 Å². The molecule has 3 heteroatoms. The van der Waals surface area contributed by atoms with Gasteiger partial charge in [-0.15, -0.1) is 0 Å². The predicted octanol–water partition coefficient (Wildman–Crippen LogP) is 16.4. The molecule has 0 aliphatic rings. The van der Waals surface area contributed by atoms with Gasteiger partial charge in [-0.1, -0.05) is 243 Å². The summed E-state index contributed by atoms with van der Waals surface area (Å²) in [5.74, 6) is 0.824. The van der Waals surface area contributed by atoms with E-state index in [0.717, 1.165) is 46.2 Å². The standard InChI is InChI=1S/C63H46O3/c64-63(65-59-33-15-13-29-55(59)49-35-39-51(40-36-49)61-53(43-45-19-5-1-6-20-45)27-17-31-57(61)47-23-9-3-10-24-47)66-60-34-16-14-30-56(60)50-37-41-52(42-38-50)62-54(44-46-21-7-2-8-22-46)28-18-32-58(62)48-25-11-4-12-26-48/h1-42H,43-44H2. The van der Waals surface area contributed by atoms with Gasteiger partial charge in [0, 0.05) is 11.1 Å². The fourth-order valence-corrected chi connectivity index (χ4v) is 8.95. The lowest BCUT2D eigenvalue weighted by atomic mass is 9.87. The van der Waals surface area contributed by atoms with Crippen LogP contribution in [0.5, 0.6) is 11.5 Å². The summed E-state index contributed by atoms with van der Waals surface area (Å²) in [7, 11) is 0. The van der Waals surface area contributed by atoms with Crippen LogP contribution in [0.2, 0.25) is 0 Å². The second-order valence-electron chi connectivity index (χ2n) is 16.3. The fourth-order valence-electron chi connectivity index (χ4n) is 8.95. The molecule has 0 saturated heterocycles. The Kier molecular flexibility index (Phi) is 12.2. The first kappa shape index (κ1) is 41.5. The number of carbonyl (C=O) groups is 1. The largest absolute Gasteiger partial charge is 0.519 e. The topological polar surface area (TPSA) is 35.5 Å². The van der Waals surface area contributed by atoms with Gasteiger partial charge in [0.05, 0.1) is 0 Å². The van der Waals surface area contributed by atoms with E-state index in [0.29, 0.717) is 11.5 Å². The SMILES string of the molecule is O=C(Oc1ccccc1-c1ccc(-c2c(Cc3ccccc3)cccc2-c2ccccc2)cc1)Oc1ccccc1-c1ccc(-c2c(Cc3ccccc3)cccc2-c2ccccc2)cc1. The van der Waals surface area contributed by atoms with Gasteiger partial charge in [0.15, 0.2) is 0 Å². The van der Waals surface area contributed by atoms with E-state index in [1.807, 2.05) is 48.5 Å². The fraction of sp³-hybridized carbons (Fsp3) is 0.0317. The van der Waals surface area contributed by atoms with Crippen LogP contribution in [0.1, 0.15) is 22.3 Å². The lowest BCUT2D eigenvalue weighted by Gasteiger charge is -2.17. The van der Waals surface area contributed by atoms with E-state index in [-0.39, 0.29) is 0 Å². The third kappa shape index (κ3) is 9.24. The highest BCUT2D eigenvalue weighted by Crippen LogP contribution is 2.40. The molecule has 0 saturated carbocycles. The smallest absolute Gasteiger partial charge is 0.394 e. The van der Waals surface area contributed by atoms with Crippen LogP contribution in [0, 0.1) is 0 Å². The minimum absolute atomic E-state index is 0.412. The highest BCUT2D eigenvalue weighted by atomic mass is 16.7. The summed E-state index contributed by atoms with van der Waals surface area (Å²) < 4.78 is 12.0. The van der Waals surface area contributed by atoms with E-state index in [1.54, 1.807) is 12.1 Å². The Labute approximate surface area is 386 Å². The zero-order valence-corrected chi connectivity index (χ0v) is 36.4. The monoisotopic (exact) mass is 850 g/mol. The highest BCUT2D eigenvalue weighted by Gasteiger charge is 2.19. The molecule has 0 aliphatic carbocycles. The lowest BCUT2D eigenvalue weighted by molar-refractivity contribution is 0.152. The number of para-hydroxylation sites is 2. The normalized spacial score (nSPS) is 10.9. The Bertz CT molecular complexity index is 3000. The average molecular weight is 851 g/mol. The molecule has 0 unspecified atom stereocenters. The van der Waals surface area contributed by atoms with Crippen molar-refractivity contribution in [3.05, 3.63) is 277 Å². The molecule has 0 aliphatic heterocycles. The van der Waals surface area contributed by atoms with Gasteiger partial charge in [-0.2, -0.15) is 0 Å². The molecule has 0 bridgehead atoms. The molecule has 0 N–H and O–H groups in total. The molecule has 0 amide bonds. The van der Waals surface area contributed by atoms with Crippen molar-refractivity contribution >= 4 is 6.16 Å². The summed E-state index contributed by atoms with van der Waals surface area (Å²) in [4.78, 5) is 13.7. The molecular formula is C63H46O3. The number of hydrogen-bond donors (Lipinski definition) is 0. The van der Waals surface area contributed by atoms with Crippen LogP contribution in [-0.4, -0.2) is 6.16 Å². The first-order chi connectivity index (χ1) is 32.6. The Balaban J connectivity index is 0.904. The van der Waals surface area contributed by atoms with E-state index < -0.39 is 6.16 Å². The van der Waals surface area contributed by atoms with Gasteiger partial charge < -0.3 is 9.47 Å². The first-order valence-corrected chi connectivity index (χ1v) is 22.4. The molecule has 10 rings (SSSR count). The molecule has 316 valence electrons. The number of carbonyl (C=O) groups excluding carboxylic acids is 1. The Morgan fingerprint density at radius 3 is 0.970 bits per heavy atom. The van der Waals surface area contributed by atoms with Crippen LogP contribution in [-0.2, 0) is 12.8 Å². The van der Waals surface area contributed by atoms with Gasteiger partial charge in [-0.05, 0) is 103 Å². The number of ether oxygens (including phenoxy) is 2. The minimum Gasteiger partial charge on any atom is -0.394 e. The van der Waals surface area contributed by atoms with Crippen LogP contribution >= 0.6 is 0 Å². The molecule has 0 aromatic heterocycles. The van der Waals surface area contributed by atoms with Gasteiger partial charge in [0.2, 0.25) is 0 Å². The molecule has 3 nitrogen and oxygen atoms in total. The third-order valence-corrected chi connectivity index (χ3v) is 12.1. The minimum atomic E-state index is -0.812. The van der Waals surface area contributed by atoms with E-state index in [2.05, 4.69) is 194 Å². The van der Waals surface area contributed by atoms with Crippen molar-refractivity contribution in [1.29, 1.82) is 0 Å². The Morgan fingerprint density at radius 1 is 0.273 bits per heavy atom. The van der Waals surface area contributed by atoms with Crippen LogP contribution in [0.25, 0.3) is 66.8 Å². The summed E-state index contributed by atoms with van der Waals surface area (Å²) in [6.07, 6.45) is 0.809. The van der Waals surface area contributed by atoms with E-state index in [1.165, 1.54) is 55.6 Å². The molecule has 0 atom stereocenters. The Morgan fingerprint density at radius 2 is 0.576 bits per heavy atom. The summed E-state index contributed by atoms with van der Waals surface area (Å²) in [6.45, 7) is 0. The maximum absolute atomic E-state index is 13.7. The van der Waals surface area contributed by atoms with Crippen LogP contribution in [0.3, 0.4) is 0 Å². The van der Waals surface area contributed by atoms with E-state index in [9.17, 15) is 4.79 Å². The van der Waals surface area contributed by atoms with Crippen molar-refractivity contribution < 1.29 is 14.3 Å². The Hall–Kier alpha value is -8.53. The molecule has 0 heterocycles. The molecule has 0 fully saturated rings. The number of rotatable bonds is 12. The third-order valence-electron chi connectivity index (χ3n) is 12.1. The summed E-state index contributed by atoms with van der Waals surface area (Å²) in [5.41, 5.74) is 17.7. The second-order valence-corrected chi connectivity index (χ2v) is 16.3. The summed E-state index contributed by atoms with van der Waals surface area (Å²) >= 11 is 0. The zero-order valence-electron chi connectivity index (χ0n) is 36.4. The van der Waals surface area contributed by atoms with E-state index in [4.69, 9.17) is 9.47 Å². The van der Waals surface area contributed by atoms with Crippen LogP contribution in [0.15, 0.2) is 255 Å². The van der Waals surface area contributed by atoms with Crippen molar-refractivity contribution in [2.24, 2.45) is 0 Å². The average Bonchev–Trinajstić information content (AvgIpc) is 3.38. The maximum atomic E-state index is 13.7. The summed E-state index contributed by atoms with van der Waals surface area (Å²) in [6, 6.07) is 87.6.